The van der Waals surface area contributed by atoms with Crippen LogP contribution in [0.4, 0.5) is 0 Å². The van der Waals surface area contributed by atoms with Gasteiger partial charge in [0, 0.05) is 0 Å². The van der Waals surface area contributed by atoms with Crippen molar-refractivity contribution in [2.45, 2.75) is 12.2 Å². The summed E-state index contributed by atoms with van der Waals surface area (Å²) in [5.74, 6) is 0. The molecular weight excluding hydrogens is 116 g/mol. The molecule has 1 unspecified atom stereocenters. The minimum Gasteiger partial charge on any atom is -0.386 e. The van der Waals surface area contributed by atoms with Gasteiger partial charge in [0.2, 0.25) is 0 Å². The Kier molecular flexibility index (Phi) is 2.03. The van der Waals surface area contributed by atoms with Gasteiger partial charge >= 0.3 is 0 Å². The minimum atomic E-state index is -0.503. The minimum absolute atomic E-state index is 0.213. The zero-order chi connectivity index (χ0) is 6.69. The van der Waals surface area contributed by atoms with Crippen molar-refractivity contribution in [3.05, 3.63) is 24.8 Å². The van der Waals surface area contributed by atoms with Crippen molar-refractivity contribution in [3.63, 3.8) is 0 Å². The van der Waals surface area contributed by atoms with Gasteiger partial charge in [0.15, 0.2) is 0 Å². The van der Waals surface area contributed by atoms with E-state index in [-0.39, 0.29) is 6.10 Å². The smallest absolute Gasteiger partial charge is 0.105 e. The molecule has 9 heavy (non-hydrogen) atoms. The largest absolute Gasteiger partial charge is 0.386 e. The third-order valence-electron chi connectivity index (χ3n) is 1.29. The number of aliphatic hydroxyl groups is 1. The number of rotatable bonds is 1. The maximum absolute atomic E-state index is 9.09. The van der Waals surface area contributed by atoms with Crippen molar-refractivity contribution in [2.75, 3.05) is 6.61 Å². The lowest BCUT2D eigenvalue weighted by molar-refractivity contribution is 0.0141. The Morgan fingerprint density at radius 1 is 1.78 bits per heavy atom. The third-order valence-corrected chi connectivity index (χ3v) is 1.29. The van der Waals surface area contributed by atoms with E-state index in [1.165, 1.54) is 0 Å². The van der Waals surface area contributed by atoms with Crippen LogP contribution in [0.3, 0.4) is 0 Å². The molecule has 0 fully saturated rings. The highest BCUT2D eigenvalue weighted by Crippen LogP contribution is 2.06. The summed E-state index contributed by atoms with van der Waals surface area (Å²) in [6, 6.07) is 0. The fourth-order valence-electron chi connectivity index (χ4n) is 0.777. The summed E-state index contributed by atoms with van der Waals surface area (Å²) in [4.78, 5) is 0. The SMILES string of the molecule is C=CC1OCC=C[C@H]1O. The van der Waals surface area contributed by atoms with Gasteiger partial charge in [-0.2, -0.15) is 0 Å². The van der Waals surface area contributed by atoms with Crippen LogP contribution in [-0.2, 0) is 4.74 Å². The van der Waals surface area contributed by atoms with Gasteiger partial charge in [-0.25, -0.2) is 0 Å². The Labute approximate surface area is 54.5 Å². The van der Waals surface area contributed by atoms with Crippen molar-refractivity contribution in [3.8, 4) is 0 Å². The summed E-state index contributed by atoms with van der Waals surface area (Å²) in [6.07, 6.45) is 4.40. The second-order valence-corrected chi connectivity index (χ2v) is 1.95. The van der Waals surface area contributed by atoms with Crippen molar-refractivity contribution >= 4 is 0 Å². The van der Waals surface area contributed by atoms with Crippen molar-refractivity contribution < 1.29 is 9.84 Å². The van der Waals surface area contributed by atoms with Crippen LogP contribution in [0, 0.1) is 0 Å². The van der Waals surface area contributed by atoms with Crippen molar-refractivity contribution in [2.24, 2.45) is 0 Å². The van der Waals surface area contributed by atoms with Crippen molar-refractivity contribution in [1.29, 1.82) is 0 Å². The molecular formula is C7H10O2. The number of hydrogen-bond donors (Lipinski definition) is 1. The first-order chi connectivity index (χ1) is 4.34. The van der Waals surface area contributed by atoms with Crippen LogP contribution in [0.15, 0.2) is 24.8 Å². The molecule has 0 bridgehead atoms. The van der Waals surface area contributed by atoms with Gasteiger partial charge in [-0.15, -0.1) is 6.58 Å². The monoisotopic (exact) mass is 126 g/mol. The Hall–Kier alpha value is -0.600. The second-order valence-electron chi connectivity index (χ2n) is 1.95. The van der Waals surface area contributed by atoms with Gasteiger partial charge < -0.3 is 9.84 Å². The van der Waals surface area contributed by atoms with E-state index < -0.39 is 6.10 Å². The molecule has 0 aromatic rings. The molecule has 0 spiro atoms. The standard InChI is InChI=1S/C7H10O2/c1-2-7-6(8)4-3-5-9-7/h2-4,6-8H,1,5H2/t6-,7?/m1/s1. The van der Waals surface area contributed by atoms with Crippen LogP contribution < -0.4 is 0 Å². The molecule has 1 aliphatic rings. The maximum atomic E-state index is 9.09. The van der Waals surface area contributed by atoms with Crippen LogP contribution in [0.25, 0.3) is 0 Å². The van der Waals surface area contributed by atoms with E-state index in [2.05, 4.69) is 6.58 Å². The average Bonchev–Trinajstić information content (AvgIpc) is 1.89. The molecule has 2 heteroatoms. The van der Waals surface area contributed by atoms with E-state index in [4.69, 9.17) is 9.84 Å². The van der Waals surface area contributed by atoms with E-state index in [1.807, 2.05) is 0 Å². The molecule has 0 aliphatic carbocycles. The first-order valence-electron chi connectivity index (χ1n) is 2.93. The maximum Gasteiger partial charge on any atom is 0.105 e. The molecule has 0 radical (unpaired) electrons. The van der Waals surface area contributed by atoms with E-state index in [9.17, 15) is 0 Å². The lowest BCUT2D eigenvalue weighted by Crippen LogP contribution is -2.28. The zero-order valence-electron chi connectivity index (χ0n) is 5.16. The lowest BCUT2D eigenvalue weighted by atomic mass is 10.1. The van der Waals surface area contributed by atoms with E-state index >= 15 is 0 Å². The van der Waals surface area contributed by atoms with Gasteiger partial charge in [-0.3, -0.25) is 0 Å². The Morgan fingerprint density at radius 3 is 3.00 bits per heavy atom. The Balaban J connectivity index is 2.54. The highest BCUT2D eigenvalue weighted by Gasteiger charge is 2.15. The Bertz CT molecular complexity index is 129. The molecule has 1 heterocycles. The van der Waals surface area contributed by atoms with Gasteiger partial charge in [0.05, 0.1) is 6.61 Å². The summed E-state index contributed by atoms with van der Waals surface area (Å²) in [7, 11) is 0. The first-order valence-corrected chi connectivity index (χ1v) is 2.93. The summed E-state index contributed by atoms with van der Waals surface area (Å²) in [6.45, 7) is 4.09. The summed E-state index contributed by atoms with van der Waals surface area (Å²) in [5.41, 5.74) is 0. The van der Waals surface area contributed by atoms with Crippen molar-refractivity contribution in [1.82, 2.24) is 0 Å². The van der Waals surface area contributed by atoms with Crippen LogP contribution in [0.5, 0.6) is 0 Å². The van der Waals surface area contributed by atoms with Gasteiger partial charge in [0.25, 0.3) is 0 Å². The molecule has 0 aromatic heterocycles. The average molecular weight is 126 g/mol. The number of hydrogen-bond acceptors (Lipinski definition) is 2. The van der Waals surface area contributed by atoms with Crippen LogP contribution >= 0.6 is 0 Å². The topological polar surface area (TPSA) is 29.5 Å². The van der Waals surface area contributed by atoms with Gasteiger partial charge in [-0.1, -0.05) is 18.2 Å². The van der Waals surface area contributed by atoms with E-state index in [0.717, 1.165) is 0 Å². The quantitative estimate of drug-likeness (QED) is 0.518. The molecule has 0 saturated carbocycles. The van der Waals surface area contributed by atoms with Gasteiger partial charge in [-0.05, 0) is 0 Å². The zero-order valence-corrected chi connectivity index (χ0v) is 5.16. The normalized spacial score (nSPS) is 34.3. The molecule has 0 amide bonds. The highest BCUT2D eigenvalue weighted by atomic mass is 16.5. The number of ether oxygens (including phenoxy) is 1. The molecule has 1 aliphatic heterocycles. The van der Waals surface area contributed by atoms with Crippen LogP contribution in [0.2, 0.25) is 0 Å². The third kappa shape index (κ3) is 1.40. The fraction of sp³-hybridized carbons (Fsp3) is 0.429. The predicted octanol–water partition coefficient (Wildman–Crippen LogP) is 0.488. The molecule has 2 atom stereocenters. The predicted molar refractivity (Wildman–Crippen MR) is 35.1 cm³/mol. The number of aliphatic hydroxyl groups excluding tert-OH is 1. The second kappa shape index (κ2) is 2.80. The van der Waals surface area contributed by atoms with Crippen LogP contribution in [-0.4, -0.2) is 23.9 Å². The lowest BCUT2D eigenvalue weighted by Gasteiger charge is -2.19. The Morgan fingerprint density at radius 2 is 2.56 bits per heavy atom. The van der Waals surface area contributed by atoms with E-state index in [0.29, 0.717) is 6.61 Å². The summed E-state index contributed by atoms with van der Waals surface area (Å²) >= 11 is 0. The molecule has 2 nitrogen and oxygen atoms in total. The molecule has 0 saturated heterocycles. The first kappa shape index (κ1) is 6.52. The van der Waals surface area contributed by atoms with E-state index in [1.54, 1.807) is 18.2 Å². The highest BCUT2D eigenvalue weighted by molar-refractivity contribution is 5.02. The molecule has 50 valence electrons. The molecule has 0 aromatic carbocycles. The molecule has 1 N–H and O–H groups in total. The molecule has 1 rings (SSSR count). The summed E-state index contributed by atoms with van der Waals surface area (Å²) < 4.78 is 5.08. The summed E-state index contributed by atoms with van der Waals surface area (Å²) in [5, 5.41) is 9.09. The van der Waals surface area contributed by atoms with Gasteiger partial charge in [0.1, 0.15) is 12.2 Å². The fourth-order valence-corrected chi connectivity index (χ4v) is 0.777. The van der Waals surface area contributed by atoms with Crippen LogP contribution in [0.1, 0.15) is 0 Å².